The second-order valence-corrected chi connectivity index (χ2v) is 9.51. The van der Waals surface area contributed by atoms with E-state index in [4.69, 9.17) is 18.9 Å². The van der Waals surface area contributed by atoms with E-state index in [0.29, 0.717) is 17.9 Å². The number of hydrogen-bond donors (Lipinski definition) is 2. The van der Waals surface area contributed by atoms with E-state index in [-0.39, 0.29) is 25.4 Å². The van der Waals surface area contributed by atoms with Crippen molar-refractivity contribution in [3.63, 3.8) is 0 Å². The summed E-state index contributed by atoms with van der Waals surface area (Å²) in [5.74, 6) is 1.53. The van der Waals surface area contributed by atoms with Crippen LogP contribution in [0.25, 0.3) is 0 Å². The van der Waals surface area contributed by atoms with Gasteiger partial charge in [0.2, 0.25) is 0 Å². The van der Waals surface area contributed by atoms with E-state index in [1.165, 1.54) is 6.08 Å². The number of ether oxygens (including phenoxy) is 4. The van der Waals surface area contributed by atoms with E-state index in [0.717, 1.165) is 27.3 Å². The highest BCUT2D eigenvalue weighted by Gasteiger charge is 2.32. The zero-order valence-corrected chi connectivity index (χ0v) is 21.5. The normalized spacial score (nSPS) is 19.1. The van der Waals surface area contributed by atoms with Gasteiger partial charge in [0.1, 0.15) is 12.4 Å². The summed E-state index contributed by atoms with van der Waals surface area (Å²) in [6.07, 6.45) is 0.675. The van der Waals surface area contributed by atoms with Crippen molar-refractivity contribution in [2.45, 2.75) is 36.4 Å². The third-order valence-corrected chi connectivity index (χ3v) is 7.03. The number of hydrogen-bond acceptors (Lipinski definition) is 7. The fourth-order valence-corrected chi connectivity index (χ4v) is 5.04. The summed E-state index contributed by atoms with van der Waals surface area (Å²) in [5, 5.41) is 12.1. The lowest BCUT2D eigenvalue weighted by Crippen LogP contribution is -2.31. The molecule has 37 heavy (non-hydrogen) atoms. The van der Waals surface area contributed by atoms with Crippen LogP contribution in [0, 0.1) is 0 Å². The van der Waals surface area contributed by atoms with Crippen molar-refractivity contribution in [1.82, 2.24) is 0 Å². The van der Waals surface area contributed by atoms with Crippen LogP contribution in [0.5, 0.6) is 5.75 Å². The number of carbonyl (C=O) groups is 1. The number of nitrogens with one attached hydrogen (secondary N) is 1. The Morgan fingerprint density at radius 3 is 2.68 bits per heavy atom. The predicted octanol–water partition coefficient (Wildman–Crippen LogP) is 6.26. The number of aliphatic hydroxyl groups excluding tert-OH is 1. The van der Waals surface area contributed by atoms with Gasteiger partial charge < -0.3 is 24.1 Å². The molecule has 1 aliphatic heterocycles. The van der Waals surface area contributed by atoms with Gasteiger partial charge in [0, 0.05) is 28.3 Å². The van der Waals surface area contributed by atoms with Crippen molar-refractivity contribution in [2.75, 3.05) is 24.8 Å². The number of methoxy groups -OCH3 is 1. The van der Waals surface area contributed by atoms with Gasteiger partial charge in [-0.05, 0) is 35.4 Å². The molecule has 4 rings (SSSR count). The first-order valence-corrected chi connectivity index (χ1v) is 13.0. The molecule has 0 unspecified atom stereocenters. The maximum absolute atomic E-state index is 12.0. The lowest BCUT2D eigenvalue weighted by atomic mass is 10.0. The lowest BCUT2D eigenvalue weighted by Gasteiger charge is -2.36. The smallest absolute Gasteiger partial charge is 0.411 e. The number of amides is 1. The molecular weight excluding hydrogens is 490 g/mol. The van der Waals surface area contributed by atoms with Gasteiger partial charge in [-0.1, -0.05) is 61.2 Å². The molecule has 2 N–H and O–H groups in total. The Labute approximate surface area is 221 Å². The van der Waals surface area contributed by atoms with Crippen molar-refractivity contribution in [3.05, 3.63) is 102 Å². The van der Waals surface area contributed by atoms with Gasteiger partial charge in [0.05, 0.1) is 25.9 Å². The molecule has 0 saturated carbocycles. The Morgan fingerprint density at radius 1 is 1.11 bits per heavy atom. The fourth-order valence-electron chi connectivity index (χ4n) is 4.00. The van der Waals surface area contributed by atoms with Gasteiger partial charge in [-0.15, -0.1) is 11.8 Å². The Hall–Kier alpha value is -3.30. The molecule has 8 heteroatoms. The van der Waals surface area contributed by atoms with Crippen molar-refractivity contribution >= 4 is 23.5 Å². The van der Waals surface area contributed by atoms with Crippen molar-refractivity contribution in [2.24, 2.45) is 0 Å². The molecule has 0 radical (unpaired) electrons. The summed E-state index contributed by atoms with van der Waals surface area (Å²) in [4.78, 5) is 13.0. The minimum absolute atomic E-state index is 0.00919. The molecule has 0 spiro atoms. The van der Waals surface area contributed by atoms with Gasteiger partial charge in [-0.3, -0.25) is 5.32 Å². The number of anilines is 1. The topological polar surface area (TPSA) is 86.3 Å². The first-order chi connectivity index (χ1) is 18.1. The highest BCUT2D eigenvalue weighted by atomic mass is 32.2. The largest absolute Gasteiger partial charge is 0.496 e. The monoisotopic (exact) mass is 521 g/mol. The molecule has 3 aromatic carbocycles. The Bertz CT molecular complexity index is 1190. The minimum Gasteiger partial charge on any atom is -0.496 e. The van der Waals surface area contributed by atoms with E-state index >= 15 is 0 Å². The number of thioether (sulfide) groups is 1. The Balaban J connectivity index is 1.53. The average molecular weight is 522 g/mol. The van der Waals surface area contributed by atoms with Gasteiger partial charge in [-0.25, -0.2) is 4.79 Å². The SMILES string of the molecule is C=CCOC(=O)Nc1cccc([C@H]2O[C@@H](CSc3ccccc3OC)C[C@@H](c3ccc(CO)cc3)O2)c1. The number of aliphatic hydroxyl groups is 1. The van der Waals surface area contributed by atoms with E-state index in [9.17, 15) is 9.90 Å². The molecular formula is C29H31NO6S. The van der Waals surface area contributed by atoms with E-state index in [2.05, 4.69) is 11.9 Å². The Kier molecular flexibility index (Phi) is 9.62. The van der Waals surface area contributed by atoms with Gasteiger partial charge in [0.15, 0.2) is 6.29 Å². The molecule has 0 aliphatic carbocycles. The summed E-state index contributed by atoms with van der Waals surface area (Å²) < 4.78 is 23.3. The number of carbonyl (C=O) groups excluding carboxylic acids is 1. The van der Waals surface area contributed by atoms with Gasteiger partial charge >= 0.3 is 6.09 Å². The number of rotatable bonds is 10. The zero-order valence-electron chi connectivity index (χ0n) is 20.7. The second-order valence-electron chi connectivity index (χ2n) is 8.45. The molecule has 0 aromatic heterocycles. The fraction of sp³-hybridized carbons (Fsp3) is 0.276. The number of para-hydroxylation sites is 1. The van der Waals surface area contributed by atoms with Crippen LogP contribution in [-0.4, -0.2) is 36.8 Å². The van der Waals surface area contributed by atoms with Crippen LogP contribution in [0.4, 0.5) is 10.5 Å². The highest BCUT2D eigenvalue weighted by molar-refractivity contribution is 7.99. The average Bonchev–Trinajstić information content (AvgIpc) is 2.95. The molecule has 0 bridgehead atoms. The first-order valence-electron chi connectivity index (χ1n) is 12.0. The van der Waals surface area contributed by atoms with Crippen LogP contribution < -0.4 is 10.1 Å². The molecule has 3 aromatic rings. The molecule has 1 saturated heterocycles. The zero-order chi connectivity index (χ0) is 26.0. The Morgan fingerprint density at radius 2 is 1.92 bits per heavy atom. The van der Waals surface area contributed by atoms with E-state index in [1.54, 1.807) is 24.9 Å². The molecule has 194 valence electrons. The lowest BCUT2D eigenvalue weighted by molar-refractivity contribution is -0.245. The van der Waals surface area contributed by atoms with Crippen LogP contribution in [0.1, 0.15) is 35.5 Å². The molecule has 1 fully saturated rings. The highest BCUT2D eigenvalue weighted by Crippen LogP contribution is 2.40. The maximum atomic E-state index is 12.0. The van der Waals surface area contributed by atoms with Crippen LogP contribution in [0.15, 0.2) is 90.3 Å². The molecule has 1 heterocycles. The third kappa shape index (κ3) is 7.36. The van der Waals surface area contributed by atoms with Crippen LogP contribution in [-0.2, 0) is 20.8 Å². The van der Waals surface area contributed by atoms with Crippen molar-refractivity contribution < 1.29 is 28.8 Å². The molecule has 1 aliphatic rings. The minimum atomic E-state index is -0.634. The van der Waals surface area contributed by atoms with Gasteiger partial charge in [-0.2, -0.15) is 0 Å². The molecule has 3 atom stereocenters. The number of benzene rings is 3. The summed E-state index contributed by atoms with van der Waals surface area (Å²) in [6, 6.07) is 23.0. The summed E-state index contributed by atoms with van der Waals surface area (Å²) in [5.41, 5.74) is 3.22. The second kappa shape index (κ2) is 13.3. The summed E-state index contributed by atoms with van der Waals surface area (Å²) >= 11 is 1.68. The van der Waals surface area contributed by atoms with E-state index < -0.39 is 12.4 Å². The third-order valence-electron chi connectivity index (χ3n) is 5.85. The quantitative estimate of drug-likeness (QED) is 0.241. The van der Waals surface area contributed by atoms with Gasteiger partial charge in [0.25, 0.3) is 0 Å². The van der Waals surface area contributed by atoms with Crippen LogP contribution in [0.2, 0.25) is 0 Å². The van der Waals surface area contributed by atoms with Crippen LogP contribution in [0.3, 0.4) is 0 Å². The maximum Gasteiger partial charge on any atom is 0.411 e. The van der Waals surface area contributed by atoms with Crippen molar-refractivity contribution in [1.29, 1.82) is 0 Å². The molecule has 7 nitrogen and oxygen atoms in total. The summed E-state index contributed by atoms with van der Waals surface area (Å²) in [7, 11) is 1.67. The molecule has 1 amide bonds. The first kappa shape index (κ1) is 26.8. The van der Waals surface area contributed by atoms with Crippen LogP contribution >= 0.6 is 11.8 Å². The predicted molar refractivity (Wildman–Crippen MR) is 144 cm³/mol. The van der Waals surface area contributed by atoms with Crippen molar-refractivity contribution in [3.8, 4) is 5.75 Å². The standard InChI is InChI=1S/C29H31NO6S/c1-3-15-34-29(32)30-23-8-6-7-22(16-23)28-35-24(19-37-27-10-5-4-9-25(27)33-2)17-26(36-28)21-13-11-20(18-31)12-14-21/h3-14,16,24,26,28,31H,1,15,17-19H2,2H3,(H,30,32)/t24-,26+,28+/m1/s1. The van der Waals surface area contributed by atoms with E-state index in [1.807, 2.05) is 66.7 Å². The summed E-state index contributed by atoms with van der Waals surface area (Å²) in [6.45, 7) is 3.67.